The van der Waals surface area contributed by atoms with Crippen LogP contribution in [0.3, 0.4) is 0 Å². The van der Waals surface area contributed by atoms with Crippen LogP contribution in [-0.4, -0.2) is 34.7 Å². The molecule has 19 heavy (non-hydrogen) atoms. The molecule has 1 aliphatic carbocycles. The third-order valence-corrected chi connectivity index (χ3v) is 3.74. The maximum atomic E-state index is 12.6. The largest absolute Gasteiger partial charge is 0.391 e. The van der Waals surface area contributed by atoms with Crippen LogP contribution in [0.1, 0.15) is 37.4 Å². The highest BCUT2D eigenvalue weighted by molar-refractivity contribution is 4.99. The molecule has 0 bridgehead atoms. The van der Waals surface area contributed by atoms with Crippen molar-refractivity contribution in [2.45, 2.75) is 44.3 Å². The molecule has 0 aromatic carbocycles. The molecule has 0 radical (unpaired) electrons. The van der Waals surface area contributed by atoms with Crippen molar-refractivity contribution >= 4 is 0 Å². The zero-order chi connectivity index (χ0) is 13.9. The second-order valence-corrected chi connectivity index (χ2v) is 4.97. The molecular weight excluding hydrogens is 259 g/mol. The van der Waals surface area contributed by atoms with E-state index in [9.17, 15) is 13.2 Å². The molecule has 0 amide bonds. The van der Waals surface area contributed by atoms with Gasteiger partial charge in [0.05, 0.1) is 12.5 Å². The van der Waals surface area contributed by atoms with Gasteiger partial charge in [-0.3, -0.25) is 0 Å². The van der Waals surface area contributed by atoms with Gasteiger partial charge in [0, 0.05) is 19.6 Å². The van der Waals surface area contributed by atoms with Crippen molar-refractivity contribution in [3.05, 3.63) is 12.2 Å². The SMILES string of the molecule is COCCn1cnnc1C1CCC(C(F)(F)F)CC1. The number of halogens is 3. The lowest BCUT2D eigenvalue weighted by molar-refractivity contribution is -0.182. The van der Waals surface area contributed by atoms with Crippen molar-refractivity contribution in [3.63, 3.8) is 0 Å². The molecule has 0 aliphatic heterocycles. The summed E-state index contributed by atoms with van der Waals surface area (Å²) in [6.45, 7) is 1.18. The fourth-order valence-corrected chi connectivity index (χ4v) is 2.62. The van der Waals surface area contributed by atoms with Crippen LogP contribution in [0, 0.1) is 5.92 Å². The molecule has 2 rings (SSSR count). The van der Waals surface area contributed by atoms with Gasteiger partial charge in [-0.25, -0.2) is 0 Å². The molecule has 4 nitrogen and oxygen atoms in total. The summed E-state index contributed by atoms with van der Waals surface area (Å²) in [4.78, 5) is 0. The summed E-state index contributed by atoms with van der Waals surface area (Å²) in [7, 11) is 1.61. The molecule has 1 fully saturated rings. The molecule has 108 valence electrons. The molecule has 7 heteroatoms. The highest BCUT2D eigenvalue weighted by atomic mass is 19.4. The van der Waals surface area contributed by atoms with Crippen molar-refractivity contribution in [2.24, 2.45) is 5.92 Å². The molecule has 0 N–H and O–H groups in total. The summed E-state index contributed by atoms with van der Waals surface area (Å²) in [5.41, 5.74) is 0. The minimum Gasteiger partial charge on any atom is -0.383 e. The monoisotopic (exact) mass is 277 g/mol. The average molecular weight is 277 g/mol. The second-order valence-electron chi connectivity index (χ2n) is 4.97. The Kier molecular flexibility index (Phi) is 4.44. The molecule has 0 spiro atoms. The Morgan fingerprint density at radius 3 is 2.58 bits per heavy atom. The minimum atomic E-state index is -4.06. The quantitative estimate of drug-likeness (QED) is 0.849. The third kappa shape index (κ3) is 3.46. The zero-order valence-electron chi connectivity index (χ0n) is 10.9. The van der Waals surface area contributed by atoms with Crippen LogP contribution in [0.15, 0.2) is 6.33 Å². The van der Waals surface area contributed by atoms with Crippen LogP contribution >= 0.6 is 0 Å². The lowest BCUT2D eigenvalue weighted by Crippen LogP contribution is -2.28. The van der Waals surface area contributed by atoms with E-state index in [0.29, 0.717) is 26.0 Å². The maximum absolute atomic E-state index is 12.6. The highest BCUT2D eigenvalue weighted by Gasteiger charge is 2.42. The number of hydrogen-bond donors (Lipinski definition) is 0. The standard InChI is InChI=1S/C12H18F3N3O/c1-19-7-6-18-8-16-17-11(18)9-2-4-10(5-3-9)12(13,14)15/h8-10H,2-7H2,1H3. The molecule has 0 unspecified atom stereocenters. The zero-order valence-corrected chi connectivity index (χ0v) is 10.9. The van der Waals surface area contributed by atoms with E-state index in [1.165, 1.54) is 0 Å². The van der Waals surface area contributed by atoms with Gasteiger partial charge in [0.1, 0.15) is 12.2 Å². The van der Waals surface area contributed by atoms with Crippen LogP contribution in [0.5, 0.6) is 0 Å². The highest BCUT2D eigenvalue weighted by Crippen LogP contribution is 2.42. The lowest BCUT2D eigenvalue weighted by atomic mass is 9.81. The summed E-state index contributed by atoms with van der Waals surface area (Å²) >= 11 is 0. The molecule has 1 aromatic rings. The fraction of sp³-hybridized carbons (Fsp3) is 0.833. The fourth-order valence-electron chi connectivity index (χ4n) is 2.62. The van der Waals surface area contributed by atoms with Crippen LogP contribution in [0.25, 0.3) is 0 Å². The number of alkyl halides is 3. The summed E-state index contributed by atoms with van der Waals surface area (Å²) in [5, 5.41) is 7.91. The molecule has 1 heterocycles. The lowest BCUT2D eigenvalue weighted by Gasteiger charge is -2.29. The van der Waals surface area contributed by atoms with Crippen LogP contribution in [0.2, 0.25) is 0 Å². The van der Waals surface area contributed by atoms with E-state index in [2.05, 4.69) is 10.2 Å². The van der Waals surface area contributed by atoms with Gasteiger partial charge in [-0.15, -0.1) is 10.2 Å². The molecule has 1 aliphatic rings. The smallest absolute Gasteiger partial charge is 0.383 e. The predicted octanol–water partition coefficient (Wildman–Crippen LogP) is 2.76. The Hall–Kier alpha value is -1.11. The van der Waals surface area contributed by atoms with Crippen molar-refractivity contribution in [2.75, 3.05) is 13.7 Å². The average Bonchev–Trinajstić information content (AvgIpc) is 2.83. The van der Waals surface area contributed by atoms with Gasteiger partial charge >= 0.3 is 6.18 Å². The number of rotatable bonds is 4. The molecule has 1 saturated carbocycles. The van der Waals surface area contributed by atoms with E-state index in [1.54, 1.807) is 13.4 Å². The van der Waals surface area contributed by atoms with Crippen molar-refractivity contribution in [1.29, 1.82) is 0 Å². The first-order chi connectivity index (χ1) is 9.02. The Morgan fingerprint density at radius 2 is 2.00 bits per heavy atom. The van der Waals surface area contributed by atoms with Crippen LogP contribution in [0.4, 0.5) is 13.2 Å². The second kappa shape index (κ2) is 5.90. The van der Waals surface area contributed by atoms with Gasteiger partial charge in [-0.05, 0) is 25.7 Å². The first-order valence-electron chi connectivity index (χ1n) is 6.45. The number of hydrogen-bond acceptors (Lipinski definition) is 3. The normalized spacial score (nSPS) is 24.6. The molecule has 0 saturated heterocycles. The first kappa shape index (κ1) is 14.3. The maximum Gasteiger partial charge on any atom is 0.391 e. The Balaban J connectivity index is 1.96. The van der Waals surface area contributed by atoms with Crippen molar-refractivity contribution in [3.8, 4) is 0 Å². The van der Waals surface area contributed by atoms with Gasteiger partial charge in [-0.1, -0.05) is 0 Å². The number of methoxy groups -OCH3 is 1. The minimum absolute atomic E-state index is 0.0814. The van der Waals surface area contributed by atoms with Gasteiger partial charge in [-0.2, -0.15) is 13.2 Å². The Bertz CT molecular complexity index is 397. The molecule has 0 atom stereocenters. The summed E-state index contributed by atoms with van der Waals surface area (Å²) in [5.74, 6) is -0.283. The van der Waals surface area contributed by atoms with E-state index in [0.717, 1.165) is 5.82 Å². The number of ether oxygens (including phenoxy) is 1. The van der Waals surface area contributed by atoms with Crippen molar-refractivity contribution < 1.29 is 17.9 Å². The first-order valence-corrected chi connectivity index (χ1v) is 6.45. The van der Waals surface area contributed by atoms with Crippen molar-refractivity contribution in [1.82, 2.24) is 14.8 Å². The Morgan fingerprint density at radius 1 is 1.32 bits per heavy atom. The van der Waals surface area contributed by atoms with E-state index in [1.807, 2.05) is 4.57 Å². The van der Waals surface area contributed by atoms with E-state index < -0.39 is 12.1 Å². The van der Waals surface area contributed by atoms with Crippen LogP contribution < -0.4 is 0 Å². The third-order valence-electron chi connectivity index (χ3n) is 3.74. The predicted molar refractivity (Wildman–Crippen MR) is 62.7 cm³/mol. The van der Waals surface area contributed by atoms with Gasteiger partial charge < -0.3 is 9.30 Å². The molecular formula is C12H18F3N3O. The number of aromatic nitrogens is 3. The van der Waals surface area contributed by atoms with Gasteiger partial charge in [0.15, 0.2) is 0 Å². The van der Waals surface area contributed by atoms with Gasteiger partial charge in [0.2, 0.25) is 0 Å². The summed E-state index contributed by atoms with van der Waals surface area (Å²) in [6, 6.07) is 0. The number of nitrogens with zero attached hydrogens (tertiary/aromatic N) is 3. The van der Waals surface area contributed by atoms with Crippen LogP contribution in [-0.2, 0) is 11.3 Å². The van der Waals surface area contributed by atoms with Gasteiger partial charge in [0.25, 0.3) is 0 Å². The topological polar surface area (TPSA) is 39.9 Å². The summed E-state index contributed by atoms with van der Waals surface area (Å²) in [6.07, 6.45) is -1.03. The Labute approximate surface area is 110 Å². The van der Waals surface area contributed by atoms with E-state index in [4.69, 9.17) is 4.74 Å². The molecule has 1 aromatic heterocycles. The van der Waals surface area contributed by atoms with E-state index in [-0.39, 0.29) is 18.8 Å². The summed E-state index contributed by atoms with van der Waals surface area (Å²) < 4.78 is 44.7. The van der Waals surface area contributed by atoms with E-state index >= 15 is 0 Å².